The minimum atomic E-state index is -0.345. The van der Waals surface area contributed by atoms with Crippen molar-refractivity contribution < 1.29 is 19.1 Å². The predicted molar refractivity (Wildman–Crippen MR) is 78.6 cm³/mol. The lowest BCUT2D eigenvalue weighted by Gasteiger charge is -2.16. The van der Waals surface area contributed by atoms with E-state index in [4.69, 9.17) is 4.74 Å². The van der Waals surface area contributed by atoms with Crippen LogP contribution in [0.5, 0.6) is 0 Å². The van der Waals surface area contributed by atoms with E-state index in [-0.39, 0.29) is 37.4 Å². The van der Waals surface area contributed by atoms with Gasteiger partial charge in [0.1, 0.15) is 6.54 Å². The highest BCUT2D eigenvalue weighted by molar-refractivity contribution is 6.01. The second kappa shape index (κ2) is 8.64. The van der Waals surface area contributed by atoms with Crippen LogP contribution in [0.25, 0.3) is 0 Å². The summed E-state index contributed by atoms with van der Waals surface area (Å²) in [5.74, 6) is -0.131. The Balaban J connectivity index is 2.25. The summed E-state index contributed by atoms with van der Waals surface area (Å²) >= 11 is 0. The molecule has 1 fully saturated rings. The minimum Gasteiger partial charge on any atom is -0.465 e. The molecule has 1 saturated heterocycles. The van der Waals surface area contributed by atoms with Gasteiger partial charge in [-0.1, -0.05) is 33.1 Å². The number of esters is 1. The monoisotopic (exact) mass is 298 g/mol. The van der Waals surface area contributed by atoms with Gasteiger partial charge in [0.15, 0.2) is 0 Å². The molecule has 1 heterocycles. The number of urea groups is 1. The highest BCUT2D eigenvalue weighted by Gasteiger charge is 2.32. The number of hydrogen-bond acceptors (Lipinski definition) is 4. The number of carbonyl (C=O) groups excluding carboxylic acids is 3. The van der Waals surface area contributed by atoms with Gasteiger partial charge in [-0.05, 0) is 12.3 Å². The van der Waals surface area contributed by atoms with E-state index in [0.29, 0.717) is 12.5 Å². The first-order valence-corrected chi connectivity index (χ1v) is 7.70. The zero-order valence-electron chi connectivity index (χ0n) is 13.3. The van der Waals surface area contributed by atoms with Crippen LogP contribution in [0.4, 0.5) is 4.79 Å². The van der Waals surface area contributed by atoms with E-state index in [1.54, 1.807) is 0 Å². The van der Waals surface area contributed by atoms with E-state index in [0.717, 1.165) is 30.6 Å². The molecule has 1 aliphatic rings. The molecule has 1 aliphatic heterocycles. The molecule has 6 nitrogen and oxygen atoms in total. The first kappa shape index (κ1) is 17.5. The molecule has 1 atom stereocenters. The topological polar surface area (TPSA) is 66.9 Å². The number of imide groups is 1. The average molecular weight is 298 g/mol. The van der Waals surface area contributed by atoms with Gasteiger partial charge >= 0.3 is 12.0 Å². The summed E-state index contributed by atoms with van der Waals surface area (Å²) in [6.45, 7) is 4.97. The number of carbonyl (C=O) groups is 3. The van der Waals surface area contributed by atoms with Crippen LogP contribution >= 0.6 is 0 Å². The molecule has 0 aliphatic carbocycles. The van der Waals surface area contributed by atoms with Crippen LogP contribution in [-0.4, -0.2) is 54.5 Å². The third kappa shape index (κ3) is 5.36. The highest BCUT2D eigenvalue weighted by atomic mass is 16.5. The summed E-state index contributed by atoms with van der Waals surface area (Å²) in [6.07, 6.45) is 4.49. The van der Waals surface area contributed by atoms with Crippen molar-refractivity contribution in [2.75, 3.05) is 26.7 Å². The van der Waals surface area contributed by atoms with Gasteiger partial charge in [0.2, 0.25) is 5.91 Å². The van der Waals surface area contributed by atoms with Crippen molar-refractivity contribution in [3.05, 3.63) is 0 Å². The summed E-state index contributed by atoms with van der Waals surface area (Å²) in [4.78, 5) is 37.1. The molecule has 120 valence electrons. The number of amides is 3. The Morgan fingerprint density at radius 1 is 1.33 bits per heavy atom. The number of unbranched alkanes of at least 4 members (excludes halogenated alkanes) is 1. The van der Waals surface area contributed by atoms with Crippen LogP contribution in [0.2, 0.25) is 0 Å². The largest absolute Gasteiger partial charge is 0.465 e. The van der Waals surface area contributed by atoms with E-state index >= 15 is 0 Å². The van der Waals surface area contributed by atoms with E-state index in [2.05, 4.69) is 13.8 Å². The van der Waals surface area contributed by atoms with Crippen LogP contribution in [-0.2, 0) is 14.3 Å². The van der Waals surface area contributed by atoms with E-state index in [1.807, 2.05) is 0 Å². The Labute approximate surface area is 126 Å². The standard InChI is InChI=1S/C15H26N2O4/c1-4-6-7-12(5-2)11-21-14(19)8-9-17-10-13(18)16(3)15(17)20/h12H,4-11H2,1-3H3. The van der Waals surface area contributed by atoms with Crippen LogP contribution in [0, 0.1) is 5.92 Å². The molecule has 0 saturated carbocycles. The highest BCUT2D eigenvalue weighted by Crippen LogP contribution is 2.13. The van der Waals surface area contributed by atoms with E-state index in [1.165, 1.54) is 11.9 Å². The third-order valence-electron chi connectivity index (χ3n) is 3.87. The lowest BCUT2D eigenvalue weighted by molar-refractivity contribution is -0.145. The smallest absolute Gasteiger partial charge is 0.326 e. The molecule has 0 radical (unpaired) electrons. The lowest BCUT2D eigenvalue weighted by atomic mass is 10.0. The van der Waals surface area contributed by atoms with Crippen molar-refractivity contribution in [3.8, 4) is 0 Å². The molecule has 3 amide bonds. The van der Waals surface area contributed by atoms with Crippen molar-refractivity contribution in [2.45, 2.75) is 46.0 Å². The first-order valence-electron chi connectivity index (χ1n) is 7.70. The number of ether oxygens (including phenoxy) is 1. The predicted octanol–water partition coefficient (Wildman–Crippen LogP) is 2.03. The zero-order chi connectivity index (χ0) is 15.8. The van der Waals surface area contributed by atoms with Gasteiger partial charge in [0.05, 0.1) is 13.0 Å². The van der Waals surface area contributed by atoms with Gasteiger partial charge in [0, 0.05) is 13.6 Å². The molecular weight excluding hydrogens is 272 g/mol. The Kier molecular flexibility index (Phi) is 7.19. The van der Waals surface area contributed by atoms with Crippen LogP contribution in [0.1, 0.15) is 46.0 Å². The van der Waals surface area contributed by atoms with Gasteiger partial charge < -0.3 is 9.64 Å². The molecule has 21 heavy (non-hydrogen) atoms. The van der Waals surface area contributed by atoms with Gasteiger partial charge in [0.25, 0.3) is 0 Å². The zero-order valence-corrected chi connectivity index (χ0v) is 13.3. The maximum atomic E-state index is 11.7. The summed E-state index contributed by atoms with van der Waals surface area (Å²) in [7, 11) is 1.45. The van der Waals surface area contributed by atoms with Crippen molar-refractivity contribution >= 4 is 17.9 Å². The summed E-state index contributed by atoms with van der Waals surface area (Å²) in [5.41, 5.74) is 0. The molecular formula is C15H26N2O4. The Morgan fingerprint density at radius 3 is 2.57 bits per heavy atom. The normalized spacial score (nSPS) is 16.5. The molecule has 0 aromatic carbocycles. The molecule has 0 aromatic rings. The lowest BCUT2D eigenvalue weighted by Crippen LogP contribution is -2.31. The maximum absolute atomic E-state index is 11.7. The Hall–Kier alpha value is -1.59. The fourth-order valence-corrected chi connectivity index (χ4v) is 2.24. The summed E-state index contributed by atoms with van der Waals surface area (Å²) < 4.78 is 5.27. The van der Waals surface area contributed by atoms with Crippen molar-refractivity contribution in [1.29, 1.82) is 0 Å². The van der Waals surface area contributed by atoms with Crippen molar-refractivity contribution in [2.24, 2.45) is 5.92 Å². The second-order valence-electron chi connectivity index (χ2n) is 5.51. The third-order valence-corrected chi connectivity index (χ3v) is 3.87. The van der Waals surface area contributed by atoms with Gasteiger partial charge in [-0.15, -0.1) is 0 Å². The van der Waals surface area contributed by atoms with E-state index < -0.39 is 0 Å². The fraction of sp³-hybridized carbons (Fsp3) is 0.800. The molecule has 0 aromatic heterocycles. The fourth-order valence-electron chi connectivity index (χ4n) is 2.24. The molecule has 0 bridgehead atoms. The Morgan fingerprint density at radius 2 is 2.05 bits per heavy atom. The number of rotatable bonds is 9. The first-order chi connectivity index (χ1) is 9.99. The van der Waals surface area contributed by atoms with Gasteiger partial charge in [-0.3, -0.25) is 14.5 Å². The quantitative estimate of drug-likeness (QED) is 0.482. The number of likely N-dealkylation sites (N-methyl/N-ethyl adjacent to an activating group) is 1. The van der Waals surface area contributed by atoms with Crippen molar-refractivity contribution in [1.82, 2.24) is 9.80 Å². The van der Waals surface area contributed by atoms with E-state index in [9.17, 15) is 14.4 Å². The molecule has 1 rings (SSSR count). The Bertz CT molecular complexity index is 384. The van der Waals surface area contributed by atoms with Gasteiger partial charge in [-0.2, -0.15) is 0 Å². The van der Waals surface area contributed by atoms with Crippen LogP contribution in [0.15, 0.2) is 0 Å². The summed E-state index contributed by atoms with van der Waals surface area (Å²) in [5, 5.41) is 0. The molecule has 0 spiro atoms. The van der Waals surface area contributed by atoms with Crippen molar-refractivity contribution in [3.63, 3.8) is 0 Å². The molecule has 1 unspecified atom stereocenters. The molecule has 6 heteroatoms. The van der Waals surface area contributed by atoms with Crippen LogP contribution < -0.4 is 0 Å². The van der Waals surface area contributed by atoms with Gasteiger partial charge in [-0.25, -0.2) is 4.79 Å². The number of nitrogens with zero attached hydrogens (tertiary/aromatic N) is 2. The maximum Gasteiger partial charge on any atom is 0.326 e. The van der Waals surface area contributed by atoms with Crippen LogP contribution in [0.3, 0.4) is 0 Å². The molecule has 0 N–H and O–H groups in total. The average Bonchev–Trinajstić information content (AvgIpc) is 2.72. The summed E-state index contributed by atoms with van der Waals surface area (Å²) in [6, 6.07) is -0.345. The SMILES string of the molecule is CCCCC(CC)COC(=O)CCN1CC(=O)N(C)C1=O. The minimum absolute atomic E-state index is 0.0523. The number of hydrogen-bond donors (Lipinski definition) is 0. The second-order valence-corrected chi connectivity index (χ2v) is 5.51.